The lowest BCUT2D eigenvalue weighted by molar-refractivity contribution is 0.100. The van der Waals surface area contributed by atoms with Crippen LogP contribution in [0.15, 0.2) is 48.5 Å². The van der Waals surface area contributed by atoms with E-state index in [-0.39, 0.29) is 18.1 Å². The Hall–Kier alpha value is -2.16. The van der Waals surface area contributed by atoms with Crippen molar-refractivity contribution in [3.8, 4) is 0 Å². The summed E-state index contributed by atoms with van der Waals surface area (Å²) in [7, 11) is 1.88. The van der Waals surface area contributed by atoms with Crippen molar-refractivity contribution < 1.29 is 9.18 Å². The first-order valence-corrected chi connectivity index (χ1v) is 6.13. The van der Waals surface area contributed by atoms with Crippen LogP contribution >= 0.6 is 0 Å². The second-order valence-electron chi connectivity index (χ2n) is 4.57. The summed E-state index contributed by atoms with van der Waals surface area (Å²) in [6.45, 7) is 2.28. The molecule has 0 amide bonds. The van der Waals surface area contributed by atoms with Crippen molar-refractivity contribution in [2.45, 2.75) is 6.92 Å². The maximum atomic E-state index is 12.8. The fourth-order valence-electron chi connectivity index (χ4n) is 2.02. The predicted molar refractivity (Wildman–Crippen MR) is 75.2 cm³/mol. The van der Waals surface area contributed by atoms with E-state index >= 15 is 0 Å². The first kappa shape index (κ1) is 13.3. The van der Waals surface area contributed by atoms with Crippen LogP contribution in [0.3, 0.4) is 0 Å². The van der Waals surface area contributed by atoms with Crippen molar-refractivity contribution in [3.63, 3.8) is 0 Å². The molecule has 0 atom stereocenters. The lowest BCUT2D eigenvalue weighted by Crippen LogP contribution is -2.26. The Balaban J connectivity index is 2.11. The molecule has 0 N–H and O–H groups in total. The highest BCUT2D eigenvalue weighted by atomic mass is 19.1. The van der Waals surface area contributed by atoms with Crippen molar-refractivity contribution in [2.24, 2.45) is 0 Å². The van der Waals surface area contributed by atoms with Gasteiger partial charge in [-0.3, -0.25) is 4.79 Å². The molecular formula is C16H16FNO. The largest absolute Gasteiger partial charge is 0.367 e. The van der Waals surface area contributed by atoms with Crippen LogP contribution in [-0.2, 0) is 0 Å². The van der Waals surface area contributed by atoms with Crippen LogP contribution < -0.4 is 4.90 Å². The topological polar surface area (TPSA) is 20.3 Å². The lowest BCUT2D eigenvalue weighted by Gasteiger charge is -2.20. The Labute approximate surface area is 112 Å². The Bertz CT molecular complexity index is 578. The molecule has 0 saturated carbocycles. The molecule has 2 rings (SSSR count). The first-order chi connectivity index (χ1) is 9.08. The van der Waals surface area contributed by atoms with Gasteiger partial charge in [-0.1, -0.05) is 18.2 Å². The van der Waals surface area contributed by atoms with Crippen molar-refractivity contribution in [2.75, 3.05) is 18.5 Å². The summed E-state index contributed by atoms with van der Waals surface area (Å²) < 4.78 is 12.8. The highest BCUT2D eigenvalue weighted by Gasteiger charge is 2.11. The molecule has 0 fully saturated rings. The number of para-hydroxylation sites is 1. The molecule has 2 nitrogen and oxygen atoms in total. The maximum Gasteiger partial charge on any atom is 0.182 e. The monoisotopic (exact) mass is 257 g/mol. The molecule has 2 aromatic rings. The van der Waals surface area contributed by atoms with E-state index in [1.807, 2.05) is 43.1 Å². The molecular weight excluding hydrogens is 241 g/mol. The van der Waals surface area contributed by atoms with E-state index in [0.717, 1.165) is 11.3 Å². The summed E-state index contributed by atoms with van der Waals surface area (Å²) in [4.78, 5) is 14.0. The van der Waals surface area contributed by atoms with E-state index in [2.05, 4.69) is 0 Å². The molecule has 0 saturated heterocycles. The predicted octanol–water partition coefficient (Wildman–Crippen LogP) is 3.45. The molecule has 0 spiro atoms. The molecule has 3 heteroatoms. The SMILES string of the molecule is Cc1ccccc1N(C)CC(=O)c1ccc(F)cc1. The summed E-state index contributed by atoms with van der Waals surface area (Å²) in [5.74, 6) is -0.352. The fraction of sp³-hybridized carbons (Fsp3) is 0.188. The molecule has 19 heavy (non-hydrogen) atoms. The van der Waals surface area contributed by atoms with Crippen LogP contribution in [0, 0.1) is 12.7 Å². The third-order valence-corrected chi connectivity index (χ3v) is 3.07. The summed E-state index contributed by atoms with van der Waals surface area (Å²) in [6.07, 6.45) is 0. The van der Waals surface area contributed by atoms with E-state index in [1.54, 1.807) is 0 Å². The maximum absolute atomic E-state index is 12.8. The number of anilines is 1. The van der Waals surface area contributed by atoms with Crippen LogP contribution in [0.2, 0.25) is 0 Å². The van der Waals surface area contributed by atoms with Crippen LogP contribution in [0.5, 0.6) is 0 Å². The Kier molecular flexibility index (Phi) is 3.95. The molecule has 0 heterocycles. The van der Waals surface area contributed by atoms with Gasteiger partial charge in [-0.2, -0.15) is 0 Å². The zero-order chi connectivity index (χ0) is 13.8. The first-order valence-electron chi connectivity index (χ1n) is 6.13. The molecule has 0 bridgehead atoms. The molecule has 0 aliphatic rings. The summed E-state index contributed by atoms with van der Waals surface area (Å²) >= 11 is 0. The van der Waals surface area contributed by atoms with Crippen LogP contribution in [0.25, 0.3) is 0 Å². The molecule has 98 valence electrons. The van der Waals surface area contributed by atoms with Gasteiger partial charge in [0.15, 0.2) is 5.78 Å². The van der Waals surface area contributed by atoms with Crippen molar-refractivity contribution in [1.29, 1.82) is 0 Å². The number of hydrogen-bond acceptors (Lipinski definition) is 2. The number of Topliss-reactive ketones (excluding diaryl/α,β-unsaturated/α-hetero) is 1. The van der Waals surface area contributed by atoms with Crippen molar-refractivity contribution >= 4 is 11.5 Å². The molecule has 0 unspecified atom stereocenters. The number of halogens is 1. The van der Waals surface area contributed by atoms with Gasteiger partial charge >= 0.3 is 0 Å². The van der Waals surface area contributed by atoms with Crippen molar-refractivity contribution in [3.05, 3.63) is 65.5 Å². The number of hydrogen-bond donors (Lipinski definition) is 0. The highest BCUT2D eigenvalue weighted by molar-refractivity contribution is 5.99. The number of ketones is 1. The second kappa shape index (κ2) is 5.65. The van der Waals surface area contributed by atoms with Gasteiger partial charge in [0.05, 0.1) is 6.54 Å². The molecule has 0 aliphatic carbocycles. The average Bonchev–Trinajstić information content (AvgIpc) is 2.39. The Morgan fingerprint density at radius 3 is 2.37 bits per heavy atom. The normalized spacial score (nSPS) is 10.3. The van der Waals surface area contributed by atoms with E-state index < -0.39 is 0 Å². The van der Waals surface area contributed by atoms with Gasteiger partial charge in [0, 0.05) is 18.3 Å². The average molecular weight is 257 g/mol. The molecule has 2 aromatic carbocycles. The zero-order valence-corrected chi connectivity index (χ0v) is 11.1. The number of carbonyl (C=O) groups is 1. The number of carbonyl (C=O) groups excluding carboxylic acids is 1. The summed E-state index contributed by atoms with van der Waals surface area (Å²) in [6, 6.07) is 13.5. The number of rotatable bonds is 4. The van der Waals surface area contributed by atoms with Gasteiger partial charge in [0.25, 0.3) is 0 Å². The second-order valence-corrected chi connectivity index (χ2v) is 4.57. The Morgan fingerprint density at radius 2 is 1.74 bits per heavy atom. The van der Waals surface area contributed by atoms with Crippen molar-refractivity contribution in [1.82, 2.24) is 0 Å². The van der Waals surface area contributed by atoms with Gasteiger partial charge in [-0.25, -0.2) is 4.39 Å². The standard InChI is InChI=1S/C16H16FNO/c1-12-5-3-4-6-15(12)18(2)11-16(19)13-7-9-14(17)10-8-13/h3-10H,11H2,1-2H3. The third kappa shape index (κ3) is 3.19. The van der Waals surface area contributed by atoms with E-state index in [1.165, 1.54) is 24.3 Å². The summed E-state index contributed by atoms with van der Waals surface area (Å²) in [5, 5.41) is 0. The van der Waals surface area contributed by atoms with Gasteiger partial charge < -0.3 is 4.90 Å². The van der Waals surface area contributed by atoms with Gasteiger partial charge in [-0.15, -0.1) is 0 Å². The highest BCUT2D eigenvalue weighted by Crippen LogP contribution is 2.18. The van der Waals surface area contributed by atoms with Gasteiger partial charge in [0.2, 0.25) is 0 Å². The minimum atomic E-state index is -0.330. The van der Waals surface area contributed by atoms with Gasteiger partial charge in [-0.05, 0) is 42.8 Å². The quantitative estimate of drug-likeness (QED) is 0.782. The smallest absolute Gasteiger partial charge is 0.182 e. The zero-order valence-electron chi connectivity index (χ0n) is 11.1. The van der Waals surface area contributed by atoms with E-state index in [4.69, 9.17) is 0 Å². The van der Waals surface area contributed by atoms with E-state index in [0.29, 0.717) is 5.56 Å². The van der Waals surface area contributed by atoms with E-state index in [9.17, 15) is 9.18 Å². The number of nitrogens with zero attached hydrogens (tertiary/aromatic N) is 1. The van der Waals surface area contributed by atoms with Gasteiger partial charge in [0.1, 0.15) is 5.82 Å². The number of aryl methyl sites for hydroxylation is 1. The van der Waals surface area contributed by atoms with Crippen LogP contribution in [0.4, 0.5) is 10.1 Å². The van der Waals surface area contributed by atoms with Crippen LogP contribution in [0.1, 0.15) is 15.9 Å². The third-order valence-electron chi connectivity index (χ3n) is 3.07. The minimum absolute atomic E-state index is 0.0225. The Morgan fingerprint density at radius 1 is 1.11 bits per heavy atom. The lowest BCUT2D eigenvalue weighted by atomic mass is 10.1. The van der Waals surface area contributed by atoms with Crippen LogP contribution in [-0.4, -0.2) is 19.4 Å². The number of benzene rings is 2. The fourth-order valence-corrected chi connectivity index (χ4v) is 2.02. The molecule has 0 radical (unpaired) electrons. The summed E-state index contributed by atoms with van der Waals surface area (Å²) in [5.41, 5.74) is 2.68. The minimum Gasteiger partial charge on any atom is -0.367 e. The molecule has 0 aromatic heterocycles. The number of likely N-dealkylation sites (N-methyl/N-ethyl adjacent to an activating group) is 1. The molecule has 0 aliphatic heterocycles.